The summed E-state index contributed by atoms with van der Waals surface area (Å²) in [5.74, 6) is 0.618. The van der Waals surface area contributed by atoms with Gasteiger partial charge >= 0.3 is 0 Å². The third-order valence-electron chi connectivity index (χ3n) is 2.92. The Morgan fingerprint density at radius 3 is 2.33 bits per heavy atom. The molecular formula is C14H22Cl2N4O. The lowest BCUT2D eigenvalue weighted by molar-refractivity contribution is 0.393. The van der Waals surface area contributed by atoms with E-state index >= 15 is 0 Å². The highest BCUT2D eigenvalue weighted by molar-refractivity contribution is 5.85. The Kier molecular flexibility index (Phi) is 7.99. The third-order valence-corrected chi connectivity index (χ3v) is 2.92. The number of rotatable bonds is 5. The highest BCUT2D eigenvalue weighted by Crippen LogP contribution is 2.22. The van der Waals surface area contributed by atoms with Gasteiger partial charge in [-0.05, 0) is 17.7 Å². The van der Waals surface area contributed by atoms with E-state index in [1.165, 1.54) is 11.3 Å². The summed E-state index contributed by atoms with van der Waals surface area (Å²) in [6.07, 6.45) is 1.91. The lowest BCUT2D eigenvalue weighted by Crippen LogP contribution is -2.08. The summed E-state index contributed by atoms with van der Waals surface area (Å²) in [6.45, 7) is 0.746. The van der Waals surface area contributed by atoms with Gasteiger partial charge in [-0.25, -0.2) is 0 Å². The zero-order valence-corrected chi connectivity index (χ0v) is 14.3. The van der Waals surface area contributed by atoms with Crippen LogP contribution in [0, 0.1) is 0 Å². The summed E-state index contributed by atoms with van der Waals surface area (Å²) >= 11 is 0. The summed E-state index contributed by atoms with van der Waals surface area (Å²) in [6, 6.07) is 8.45. The molecule has 0 aliphatic rings. The van der Waals surface area contributed by atoms with Gasteiger partial charge in [-0.3, -0.25) is 4.68 Å². The number of benzene rings is 1. The van der Waals surface area contributed by atoms with Crippen molar-refractivity contribution in [2.45, 2.75) is 6.54 Å². The molecule has 5 nitrogen and oxygen atoms in total. The lowest BCUT2D eigenvalue weighted by Gasteiger charge is -2.13. The van der Waals surface area contributed by atoms with E-state index in [1.807, 2.05) is 27.3 Å². The van der Waals surface area contributed by atoms with Crippen LogP contribution in [0.5, 0.6) is 5.88 Å². The molecule has 0 fully saturated rings. The zero-order chi connectivity index (χ0) is 13.8. The van der Waals surface area contributed by atoms with Crippen LogP contribution < -0.4 is 15.0 Å². The molecule has 0 unspecified atom stereocenters. The number of hydrogen-bond acceptors (Lipinski definition) is 4. The standard InChI is InChI=1S/C14H20N4O.2ClH/c1-17(2)12-7-5-11(6-8-12)9-15-13-10-18(3)16-14(13)19-4;;/h5-8,10,15H,9H2,1-4H3;2*1H. The van der Waals surface area contributed by atoms with E-state index in [4.69, 9.17) is 4.74 Å². The Hall–Kier alpha value is -1.59. The summed E-state index contributed by atoms with van der Waals surface area (Å²) in [4.78, 5) is 2.08. The summed E-state index contributed by atoms with van der Waals surface area (Å²) < 4.78 is 6.94. The summed E-state index contributed by atoms with van der Waals surface area (Å²) in [5, 5.41) is 7.53. The van der Waals surface area contributed by atoms with Gasteiger partial charge in [0.25, 0.3) is 5.88 Å². The molecule has 0 atom stereocenters. The second-order valence-electron chi connectivity index (χ2n) is 4.64. The van der Waals surface area contributed by atoms with Gasteiger partial charge in [0.2, 0.25) is 0 Å². The average molecular weight is 333 g/mol. The van der Waals surface area contributed by atoms with Gasteiger partial charge in [-0.2, -0.15) is 0 Å². The van der Waals surface area contributed by atoms with Gasteiger partial charge in [-0.1, -0.05) is 12.1 Å². The molecule has 0 saturated carbocycles. The third kappa shape index (κ3) is 5.02. The van der Waals surface area contributed by atoms with Crippen LogP contribution in [-0.4, -0.2) is 31.0 Å². The molecule has 0 amide bonds. The van der Waals surface area contributed by atoms with Gasteiger partial charge in [0.1, 0.15) is 5.69 Å². The molecule has 0 spiro atoms. The first-order valence-corrected chi connectivity index (χ1v) is 6.18. The fourth-order valence-electron chi connectivity index (χ4n) is 1.85. The predicted octanol–water partition coefficient (Wildman–Crippen LogP) is 2.95. The molecule has 0 saturated heterocycles. The molecule has 0 bridgehead atoms. The maximum absolute atomic E-state index is 5.20. The Balaban J connectivity index is 0.00000200. The number of aromatic nitrogens is 2. The second kappa shape index (κ2) is 8.64. The molecule has 0 aliphatic heterocycles. The summed E-state index contributed by atoms with van der Waals surface area (Å²) in [5.41, 5.74) is 3.32. The minimum atomic E-state index is 0. The molecule has 1 heterocycles. The van der Waals surface area contributed by atoms with Crippen LogP contribution in [0.25, 0.3) is 0 Å². The Morgan fingerprint density at radius 2 is 1.81 bits per heavy atom. The normalized spacial score (nSPS) is 9.33. The number of halogens is 2. The first-order valence-electron chi connectivity index (χ1n) is 6.18. The van der Waals surface area contributed by atoms with Crippen LogP contribution in [0.2, 0.25) is 0 Å². The van der Waals surface area contributed by atoms with Gasteiger partial charge < -0.3 is 15.0 Å². The van der Waals surface area contributed by atoms with Crippen LogP contribution in [0.1, 0.15) is 5.56 Å². The molecule has 0 radical (unpaired) electrons. The summed E-state index contributed by atoms with van der Waals surface area (Å²) in [7, 11) is 7.57. The maximum atomic E-state index is 5.20. The molecule has 7 heteroatoms. The Morgan fingerprint density at radius 1 is 1.19 bits per heavy atom. The monoisotopic (exact) mass is 332 g/mol. The van der Waals surface area contributed by atoms with Crippen molar-refractivity contribution in [2.24, 2.45) is 7.05 Å². The highest BCUT2D eigenvalue weighted by Gasteiger charge is 2.07. The van der Waals surface area contributed by atoms with Crippen molar-refractivity contribution in [1.82, 2.24) is 9.78 Å². The van der Waals surface area contributed by atoms with Crippen molar-refractivity contribution >= 4 is 36.2 Å². The van der Waals surface area contributed by atoms with E-state index in [1.54, 1.807) is 11.8 Å². The number of aryl methyl sites for hydroxylation is 1. The van der Waals surface area contributed by atoms with Gasteiger partial charge in [0.15, 0.2) is 0 Å². The molecule has 21 heavy (non-hydrogen) atoms. The van der Waals surface area contributed by atoms with E-state index in [0.29, 0.717) is 5.88 Å². The zero-order valence-electron chi connectivity index (χ0n) is 12.7. The second-order valence-corrected chi connectivity index (χ2v) is 4.64. The number of nitrogens with zero attached hydrogens (tertiary/aromatic N) is 3. The van der Waals surface area contributed by atoms with E-state index in [2.05, 4.69) is 39.6 Å². The van der Waals surface area contributed by atoms with Gasteiger partial charge in [0, 0.05) is 33.4 Å². The quantitative estimate of drug-likeness (QED) is 0.914. The lowest BCUT2D eigenvalue weighted by atomic mass is 10.2. The predicted molar refractivity (Wildman–Crippen MR) is 92.4 cm³/mol. The Labute approximate surface area is 138 Å². The number of anilines is 2. The van der Waals surface area contributed by atoms with Crippen LogP contribution in [-0.2, 0) is 13.6 Å². The van der Waals surface area contributed by atoms with Crippen molar-refractivity contribution in [3.8, 4) is 5.88 Å². The molecule has 1 N–H and O–H groups in total. The van der Waals surface area contributed by atoms with Crippen LogP contribution in [0.4, 0.5) is 11.4 Å². The molecular weight excluding hydrogens is 311 g/mol. The number of nitrogens with one attached hydrogen (secondary N) is 1. The fourth-order valence-corrected chi connectivity index (χ4v) is 1.85. The number of methoxy groups -OCH3 is 1. The molecule has 118 valence electrons. The fraction of sp³-hybridized carbons (Fsp3) is 0.357. The minimum absolute atomic E-state index is 0. The Bertz CT molecular complexity index is 540. The smallest absolute Gasteiger partial charge is 0.256 e. The van der Waals surface area contributed by atoms with E-state index < -0.39 is 0 Å². The molecule has 2 aromatic rings. The van der Waals surface area contributed by atoms with Crippen LogP contribution in [0.3, 0.4) is 0 Å². The van der Waals surface area contributed by atoms with Crippen LogP contribution in [0.15, 0.2) is 30.5 Å². The van der Waals surface area contributed by atoms with Crippen molar-refractivity contribution in [2.75, 3.05) is 31.4 Å². The topological polar surface area (TPSA) is 42.3 Å². The SMILES string of the molecule is COc1nn(C)cc1NCc1ccc(N(C)C)cc1.Cl.Cl. The van der Waals surface area contributed by atoms with E-state index in [9.17, 15) is 0 Å². The first-order chi connectivity index (χ1) is 9.10. The minimum Gasteiger partial charge on any atom is -0.478 e. The van der Waals surface area contributed by atoms with Crippen molar-refractivity contribution in [3.05, 3.63) is 36.0 Å². The van der Waals surface area contributed by atoms with Crippen molar-refractivity contribution < 1.29 is 4.74 Å². The van der Waals surface area contributed by atoms with E-state index in [-0.39, 0.29) is 24.8 Å². The number of ether oxygens (including phenoxy) is 1. The van der Waals surface area contributed by atoms with Gasteiger partial charge in [0.05, 0.1) is 13.3 Å². The largest absolute Gasteiger partial charge is 0.478 e. The average Bonchev–Trinajstić information content (AvgIpc) is 2.77. The van der Waals surface area contributed by atoms with Crippen molar-refractivity contribution in [3.63, 3.8) is 0 Å². The molecule has 1 aromatic heterocycles. The highest BCUT2D eigenvalue weighted by atomic mass is 35.5. The van der Waals surface area contributed by atoms with Gasteiger partial charge in [-0.15, -0.1) is 29.9 Å². The van der Waals surface area contributed by atoms with E-state index in [0.717, 1.165) is 12.2 Å². The first kappa shape index (κ1) is 19.4. The maximum Gasteiger partial charge on any atom is 0.256 e. The van der Waals surface area contributed by atoms with Crippen LogP contribution >= 0.6 is 24.8 Å². The molecule has 0 aliphatic carbocycles. The van der Waals surface area contributed by atoms with Crippen molar-refractivity contribution in [1.29, 1.82) is 0 Å². The molecule has 1 aromatic carbocycles. The number of hydrogen-bond donors (Lipinski definition) is 1. The molecule has 2 rings (SSSR count).